The molecule has 0 atom stereocenters. The average molecular weight is 191 g/mol. The smallest absolute Gasteiger partial charge is 0.232 e. The lowest BCUT2D eigenvalue weighted by molar-refractivity contribution is 0.112. The summed E-state index contributed by atoms with van der Waals surface area (Å²) in [4.78, 5) is 3.98. The second-order valence-electron chi connectivity index (χ2n) is 3.53. The van der Waals surface area contributed by atoms with Crippen LogP contribution < -0.4 is 10.5 Å². The first-order chi connectivity index (χ1) is 6.59. The van der Waals surface area contributed by atoms with Gasteiger partial charge >= 0.3 is 0 Å². The lowest BCUT2D eigenvalue weighted by Gasteiger charge is -2.23. The Labute approximate surface area is 83.3 Å². The molecule has 4 heteroatoms. The summed E-state index contributed by atoms with van der Waals surface area (Å²) in [5, 5.41) is 8.79. The van der Waals surface area contributed by atoms with Gasteiger partial charge in [-0.3, -0.25) is 0 Å². The molecule has 0 fully saturated rings. The van der Waals surface area contributed by atoms with Gasteiger partial charge in [-0.2, -0.15) is 5.26 Å². The van der Waals surface area contributed by atoms with E-state index in [4.69, 9.17) is 15.7 Å². The Morgan fingerprint density at radius 3 is 2.93 bits per heavy atom. The van der Waals surface area contributed by atoms with Gasteiger partial charge in [-0.15, -0.1) is 0 Å². The molecule has 0 aromatic carbocycles. The number of nitrogens with two attached hydrogens (primary N) is 1. The highest BCUT2D eigenvalue weighted by Gasteiger charge is 2.19. The first kappa shape index (κ1) is 10.5. The lowest BCUT2D eigenvalue weighted by atomic mass is 10.1. The minimum atomic E-state index is -0.500. The van der Waals surface area contributed by atoms with E-state index in [9.17, 15) is 0 Å². The minimum Gasteiger partial charge on any atom is -0.469 e. The maximum absolute atomic E-state index is 8.79. The SMILES string of the molecule is CC(C)(CN)Oc1ncccc1C#N. The molecule has 0 radical (unpaired) electrons. The molecule has 1 heterocycles. The van der Waals surface area contributed by atoms with Crippen LogP contribution in [0.1, 0.15) is 19.4 Å². The standard InChI is InChI=1S/C10H13N3O/c1-10(2,7-12)14-9-8(6-11)4-3-5-13-9/h3-5H,7,12H2,1-2H3. The third kappa shape index (κ3) is 2.44. The summed E-state index contributed by atoms with van der Waals surface area (Å²) in [6, 6.07) is 5.37. The summed E-state index contributed by atoms with van der Waals surface area (Å²) < 4.78 is 5.51. The molecule has 14 heavy (non-hydrogen) atoms. The second-order valence-corrected chi connectivity index (χ2v) is 3.53. The number of pyridine rings is 1. The summed E-state index contributed by atoms with van der Waals surface area (Å²) in [5.74, 6) is 0.338. The zero-order valence-corrected chi connectivity index (χ0v) is 8.32. The van der Waals surface area contributed by atoms with Crippen LogP contribution in [0.5, 0.6) is 5.88 Å². The van der Waals surface area contributed by atoms with Gasteiger partial charge in [0.25, 0.3) is 0 Å². The molecule has 2 N–H and O–H groups in total. The van der Waals surface area contributed by atoms with E-state index >= 15 is 0 Å². The summed E-state index contributed by atoms with van der Waals surface area (Å²) in [6.45, 7) is 4.07. The Morgan fingerprint density at radius 2 is 2.36 bits per heavy atom. The number of nitriles is 1. The molecular formula is C10H13N3O. The van der Waals surface area contributed by atoms with Crippen molar-refractivity contribution in [2.75, 3.05) is 6.54 Å². The highest BCUT2D eigenvalue weighted by Crippen LogP contribution is 2.18. The Balaban J connectivity index is 2.92. The van der Waals surface area contributed by atoms with Crippen LogP contribution in [0.4, 0.5) is 0 Å². The van der Waals surface area contributed by atoms with E-state index in [2.05, 4.69) is 4.98 Å². The van der Waals surface area contributed by atoms with Crippen molar-refractivity contribution in [3.8, 4) is 11.9 Å². The fraction of sp³-hybridized carbons (Fsp3) is 0.400. The van der Waals surface area contributed by atoms with Crippen molar-refractivity contribution < 1.29 is 4.74 Å². The van der Waals surface area contributed by atoms with Gasteiger partial charge in [0.1, 0.15) is 17.2 Å². The lowest BCUT2D eigenvalue weighted by Crippen LogP contribution is -2.37. The van der Waals surface area contributed by atoms with Crippen molar-refractivity contribution in [3.05, 3.63) is 23.9 Å². The van der Waals surface area contributed by atoms with Gasteiger partial charge in [-0.1, -0.05) is 0 Å². The molecule has 0 bridgehead atoms. The number of hydrogen-bond acceptors (Lipinski definition) is 4. The molecule has 74 valence electrons. The molecule has 0 spiro atoms. The summed E-state index contributed by atoms with van der Waals surface area (Å²) in [6.07, 6.45) is 1.59. The normalized spacial score (nSPS) is 10.7. The maximum Gasteiger partial charge on any atom is 0.232 e. The highest BCUT2D eigenvalue weighted by atomic mass is 16.5. The molecule has 0 aliphatic heterocycles. The third-order valence-corrected chi connectivity index (χ3v) is 1.76. The van der Waals surface area contributed by atoms with E-state index in [1.807, 2.05) is 19.9 Å². The summed E-state index contributed by atoms with van der Waals surface area (Å²) in [7, 11) is 0. The van der Waals surface area contributed by atoms with Crippen LogP contribution in [0.15, 0.2) is 18.3 Å². The Hall–Kier alpha value is -1.60. The van der Waals surface area contributed by atoms with E-state index in [1.54, 1.807) is 18.3 Å². The van der Waals surface area contributed by atoms with E-state index in [0.29, 0.717) is 18.0 Å². The average Bonchev–Trinajstić information content (AvgIpc) is 2.18. The Kier molecular flexibility index (Phi) is 3.05. The topological polar surface area (TPSA) is 71.9 Å². The van der Waals surface area contributed by atoms with Gasteiger partial charge in [-0.05, 0) is 26.0 Å². The zero-order chi connectivity index (χ0) is 10.6. The summed E-state index contributed by atoms with van der Waals surface area (Å²) in [5.41, 5.74) is 5.43. The first-order valence-corrected chi connectivity index (χ1v) is 4.33. The zero-order valence-electron chi connectivity index (χ0n) is 8.32. The molecule has 1 aromatic heterocycles. The van der Waals surface area contributed by atoms with Gasteiger partial charge in [-0.25, -0.2) is 4.98 Å². The van der Waals surface area contributed by atoms with Crippen LogP contribution in [0.2, 0.25) is 0 Å². The number of ether oxygens (including phenoxy) is 1. The van der Waals surface area contributed by atoms with Crippen LogP contribution in [0, 0.1) is 11.3 Å². The number of hydrogen-bond donors (Lipinski definition) is 1. The molecule has 4 nitrogen and oxygen atoms in total. The minimum absolute atomic E-state index is 0.338. The monoisotopic (exact) mass is 191 g/mol. The number of aromatic nitrogens is 1. The van der Waals surface area contributed by atoms with Crippen molar-refractivity contribution in [2.45, 2.75) is 19.4 Å². The number of nitrogens with zero attached hydrogens (tertiary/aromatic N) is 2. The van der Waals surface area contributed by atoms with Crippen LogP contribution in [0.3, 0.4) is 0 Å². The number of rotatable bonds is 3. The molecule has 0 aliphatic rings. The largest absolute Gasteiger partial charge is 0.469 e. The van der Waals surface area contributed by atoms with Crippen molar-refractivity contribution in [2.24, 2.45) is 5.73 Å². The molecule has 0 saturated carbocycles. The fourth-order valence-corrected chi connectivity index (χ4v) is 0.861. The second kappa shape index (κ2) is 4.07. The molecule has 1 aromatic rings. The first-order valence-electron chi connectivity index (χ1n) is 4.33. The van der Waals surface area contributed by atoms with Crippen LogP contribution >= 0.6 is 0 Å². The van der Waals surface area contributed by atoms with Crippen molar-refractivity contribution in [1.29, 1.82) is 5.26 Å². The van der Waals surface area contributed by atoms with Crippen LogP contribution in [0.25, 0.3) is 0 Å². The molecular weight excluding hydrogens is 178 g/mol. The maximum atomic E-state index is 8.79. The van der Waals surface area contributed by atoms with E-state index in [-0.39, 0.29) is 0 Å². The molecule has 0 unspecified atom stereocenters. The predicted octanol–water partition coefficient (Wildman–Crippen LogP) is 1.07. The Morgan fingerprint density at radius 1 is 1.64 bits per heavy atom. The molecule has 0 amide bonds. The fourth-order valence-electron chi connectivity index (χ4n) is 0.861. The van der Waals surface area contributed by atoms with Gasteiger partial charge in [0.05, 0.1) is 0 Å². The Bertz CT molecular complexity index is 355. The van der Waals surface area contributed by atoms with Crippen LogP contribution in [-0.4, -0.2) is 17.1 Å². The van der Waals surface area contributed by atoms with E-state index < -0.39 is 5.60 Å². The van der Waals surface area contributed by atoms with Gasteiger partial charge in [0, 0.05) is 12.7 Å². The van der Waals surface area contributed by atoms with Crippen molar-refractivity contribution in [3.63, 3.8) is 0 Å². The summed E-state index contributed by atoms with van der Waals surface area (Å²) >= 11 is 0. The van der Waals surface area contributed by atoms with Gasteiger partial charge in [0.2, 0.25) is 5.88 Å². The van der Waals surface area contributed by atoms with E-state index in [1.165, 1.54) is 0 Å². The molecule has 0 aliphatic carbocycles. The van der Waals surface area contributed by atoms with Crippen molar-refractivity contribution in [1.82, 2.24) is 4.98 Å². The molecule has 1 rings (SSSR count). The third-order valence-electron chi connectivity index (χ3n) is 1.76. The predicted molar refractivity (Wildman–Crippen MR) is 52.7 cm³/mol. The molecule has 0 saturated heterocycles. The van der Waals surface area contributed by atoms with Gasteiger partial charge < -0.3 is 10.5 Å². The van der Waals surface area contributed by atoms with Crippen molar-refractivity contribution >= 4 is 0 Å². The van der Waals surface area contributed by atoms with Crippen LogP contribution in [-0.2, 0) is 0 Å². The quantitative estimate of drug-likeness (QED) is 0.775. The van der Waals surface area contributed by atoms with E-state index in [0.717, 1.165) is 0 Å². The van der Waals surface area contributed by atoms with Gasteiger partial charge in [0.15, 0.2) is 0 Å². The highest BCUT2D eigenvalue weighted by molar-refractivity contribution is 5.37.